The molecule has 0 fully saturated rings. The van der Waals surface area contributed by atoms with Gasteiger partial charge in [-0.25, -0.2) is 4.98 Å². The number of nitrogens with one attached hydrogen (secondary N) is 1. The molecule has 1 aromatic heterocycles. The minimum atomic E-state index is -0.455. The van der Waals surface area contributed by atoms with E-state index in [9.17, 15) is 10.1 Å². The second-order valence-electron chi connectivity index (χ2n) is 4.79. The number of aliphatic hydroxyl groups excluding tert-OH is 1. The van der Waals surface area contributed by atoms with Gasteiger partial charge < -0.3 is 10.4 Å². The highest BCUT2D eigenvalue weighted by Gasteiger charge is 2.17. The smallest absolute Gasteiger partial charge is 0.290 e. The number of nitro groups is 1. The standard InChI is InChI=1S/C11H17N3O3/c1-8-4-10(12-5-9(8)14(16)17)13-6-11(2,3)7-15/h4-5,15H,6-7H2,1-3H3,(H,12,13). The largest absolute Gasteiger partial charge is 0.396 e. The van der Waals surface area contributed by atoms with Crippen LogP contribution in [0.2, 0.25) is 0 Å². The first-order chi connectivity index (χ1) is 7.85. The van der Waals surface area contributed by atoms with Crippen molar-refractivity contribution in [3.63, 3.8) is 0 Å². The lowest BCUT2D eigenvalue weighted by molar-refractivity contribution is -0.385. The van der Waals surface area contributed by atoms with Crippen LogP contribution in [-0.4, -0.2) is 28.2 Å². The zero-order chi connectivity index (χ0) is 13.1. The number of aliphatic hydroxyl groups is 1. The number of pyridine rings is 1. The van der Waals surface area contributed by atoms with Gasteiger partial charge in [-0.3, -0.25) is 10.1 Å². The topological polar surface area (TPSA) is 88.3 Å². The molecule has 0 aliphatic heterocycles. The second kappa shape index (κ2) is 5.09. The predicted octanol–water partition coefficient (Wildman–Crippen LogP) is 1.73. The van der Waals surface area contributed by atoms with Crippen molar-refractivity contribution in [2.45, 2.75) is 20.8 Å². The van der Waals surface area contributed by atoms with Crippen molar-refractivity contribution in [2.75, 3.05) is 18.5 Å². The molecule has 0 atom stereocenters. The number of hydrogen-bond acceptors (Lipinski definition) is 5. The van der Waals surface area contributed by atoms with Gasteiger partial charge in [0.05, 0.1) is 4.92 Å². The molecule has 0 aliphatic rings. The fraction of sp³-hybridized carbons (Fsp3) is 0.545. The fourth-order valence-electron chi connectivity index (χ4n) is 1.22. The molecule has 6 nitrogen and oxygen atoms in total. The second-order valence-corrected chi connectivity index (χ2v) is 4.79. The van der Waals surface area contributed by atoms with Crippen LogP contribution < -0.4 is 5.32 Å². The minimum Gasteiger partial charge on any atom is -0.396 e. The monoisotopic (exact) mass is 239 g/mol. The Balaban J connectivity index is 2.75. The number of aromatic nitrogens is 1. The Morgan fingerprint density at radius 3 is 2.71 bits per heavy atom. The Morgan fingerprint density at radius 1 is 1.59 bits per heavy atom. The van der Waals surface area contributed by atoms with E-state index in [1.54, 1.807) is 13.0 Å². The first kappa shape index (κ1) is 13.4. The number of rotatable bonds is 5. The Kier molecular flexibility index (Phi) is 4.01. The number of hydrogen-bond donors (Lipinski definition) is 2. The van der Waals surface area contributed by atoms with Gasteiger partial charge in [0.25, 0.3) is 5.69 Å². The fourth-order valence-corrected chi connectivity index (χ4v) is 1.22. The van der Waals surface area contributed by atoms with Crippen molar-refractivity contribution >= 4 is 11.5 Å². The summed E-state index contributed by atoms with van der Waals surface area (Å²) in [6, 6.07) is 1.63. The highest BCUT2D eigenvalue weighted by Crippen LogP contribution is 2.20. The summed E-state index contributed by atoms with van der Waals surface area (Å²) < 4.78 is 0. The summed E-state index contributed by atoms with van der Waals surface area (Å²) in [5.74, 6) is 0.578. The van der Waals surface area contributed by atoms with Gasteiger partial charge in [-0.05, 0) is 13.0 Å². The van der Waals surface area contributed by atoms with Crippen LogP contribution in [0, 0.1) is 22.5 Å². The highest BCUT2D eigenvalue weighted by molar-refractivity contribution is 5.46. The lowest BCUT2D eigenvalue weighted by atomic mass is 9.95. The van der Waals surface area contributed by atoms with Crippen LogP contribution in [0.3, 0.4) is 0 Å². The van der Waals surface area contributed by atoms with Crippen molar-refractivity contribution in [3.8, 4) is 0 Å². The van der Waals surface area contributed by atoms with Gasteiger partial charge in [-0.1, -0.05) is 13.8 Å². The number of nitrogens with zero attached hydrogens (tertiary/aromatic N) is 2. The summed E-state index contributed by atoms with van der Waals surface area (Å²) >= 11 is 0. The molecule has 0 saturated heterocycles. The molecule has 1 aromatic rings. The van der Waals surface area contributed by atoms with Crippen molar-refractivity contribution < 1.29 is 10.0 Å². The van der Waals surface area contributed by atoms with Crippen LogP contribution in [0.1, 0.15) is 19.4 Å². The molecular formula is C11H17N3O3. The predicted molar refractivity (Wildman–Crippen MR) is 65.0 cm³/mol. The van der Waals surface area contributed by atoms with Crippen LogP contribution in [-0.2, 0) is 0 Å². The average molecular weight is 239 g/mol. The lowest BCUT2D eigenvalue weighted by Gasteiger charge is -2.22. The van der Waals surface area contributed by atoms with Gasteiger partial charge in [0.1, 0.15) is 12.0 Å². The molecule has 1 rings (SSSR count). The third kappa shape index (κ3) is 3.67. The zero-order valence-electron chi connectivity index (χ0n) is 10.2. The summed E-state index contributed by atoms with van der Waals surface area (Å²) in [6.07, 6.45) is 1.24. The maximum Gasteiger partial charge on any atom is 0.290 e. The van der Waals surface area contributed by atoms with Crippen LogP contribution in [0.25, 0.3) is 0 Å². The first-order valence-corrected chi connectivity index (χ1v) is 5.31. The van der Waals surface area contributed by atoms with E-state index in [4.69, 9.17) is 5.11 Å². The van der Waals surface area contributed by atoms with E-state index in [1.165, 1.54) is 6.20 Å². The van der Waals surface area contributed by atoms with Crippen LogP contribution >= 0.6 is 0 Å². The number of aryl methyl sites for hydroxylation is 1. The van der Waals surface area contributed by atoms with Crippen molar-refractivity contribution in [3.05, 3.63) is 27.9 Å². The Hall–Kier alpha value is -1.69. The van der Waals surface area contributed by atoms with Gasteiger partial charge in [0.15, 0.2) is 0 Å². The van der Waals surface area contributed by atoms with Gasteiger partial charge in [0.2, 0.25) is 0 Å². The molecular weight excluding hydrogens is 222 g/mol. The molecule has 6 heteroatoms. The maximum absolute atomic E-state index is 10.6. The summed E-state index contributed by atoms with van der Waals surface area (Å²) in [7, 11) is 0. The molecule has 94 valence electrons. The maximum atomic E-state index is 10.6. The molecule has 0 saturated carbocycles. The van der Waals surface area contributed by atoms with E-state index in [2.05, 4.69) is 10.3 Å². The third-order valence-electron chi connectivity index (χ3n) is 2.46. The van der Waals surface area contributed by atoms with E-state index < -0.39 is 4.92 Å². The van der Waals surface area contributed by atoms with Crippen molar-refractivity contribution in [1.82, 2.24) is 4.98 Å². The average Bonchev–Trinajstić information content (AvgIpc) is 2.26. The Morgan fingerprint density at radius 2 is 2.24 bits per heavy atom. The zero-order valence-corrected chi connectivity index (χ0v) is 10.2. The van der Waals surface area contributed by atoms with Gasteiger partial charge in [-0.15, -0.1) is 0 Å². The normalized spacial score (nSPS) is 11.3. The Labute approximate surface area is 99.8 Å². The number of anilines is 1. The van der Waals surface area contributed by atoms with Crippen LogP contribution in [0.15, 0.2) is 12.3 Å². The van der Waals surface area contributed by atoms with E-state index in [-0.39, 0.29) is 17.7 Å². The van der Waals surface area contributed by atoms with E-state index in [0.29, 0.717) is 17.9 Å². The molecule has 0 radical (unpaired) electrons. The van der Waals surface area contributed by atoms with Crippen molar-refractivity contribution in [1.29, 1.82) is 0 Å². The molecule has 0 spiro atoms. The van der Waals surface area contributed by atoms with E-state index in [1.807, 2.05) is 13.8 Å². The lowest BCUT2D eigenvalue weighted by Crippen LogP contribution is -2.27. The molecule has 0 aromatic carbocycles. The molecule has 0 unspecified atom stereocenters. The molecule has 17 heavy (non-hydrogen) atoms. The summed E-state index contributed by atoms with van der Waals surface area (Å²) in [5, 5.41) is 22.8. The molecule has 1 heterocycles. The van der Waals surface area contributed by atoms with Gasteiger partial charge in [-0.2, -0.15) is 0 Å². The van der Waals surface area contributed by atoms with E-state index >= 15 is 0 Å². The van der Waals surface area contributed by atoms with Crippen LogP contribution in [0.4, 0.5) is 11.5 Å². The van der Waals surface area contributed by atoms with Gasteiger partial charge in [0, 0.05) is 24.1 Å². The van der Waals surface area contributed by atoms with E-state index in [0.717, 1.165) is 0 Å². The van der Waals surface area contributed by atoms with Crippen LogP contribution in [0.5, 0.6) is 0 Å². The van der Waals surface area contributed by atoms with Crippen molar-refractivity contribution in [2.24, 2.45) is 5.41 Å². The summed E-state index contributed by atoms with van der Waals surface area (Å²) in [6.45, 7) is 6.11. The first-order valence-electron chi connectivity index (χ1n) is 5.31. The quantitative estimate of drug-likeness (QED) is 0.603. The summed E-state index contributed by atoms with van der Waals surface area (Å²) in [5.41, 5.74) is 0.323. The highest BCUT2D eigenvalue weighted by atomic mass is 16.6. The molecule has 0 bridgehead atoms. The SMILES string of the molecule is Cc1cc(NCC(C)(C)CO)ncc1[N+](=O)[O-]. The third-order valence-corrected chi connectivity index (χ3v) is 2.46. The van der Waals surface area contributed by atoms with Gasteiger partial charge >= 0.3 is 0 Å². The molecule has 0 amide bonds. The minimum absolute atomic E-state index is 0.0111. The molecule has 2 N–H and O–H groups in total. The Bertz CT molecular complexity index is 418. The molecule has 0 aliphatic carbocycles. The summed E-state index contributed by atoms with van der Waals surface area (Å²) in [4.78, 5) is 14.1.